The number of likely N-dealkylation sites (N-methyl/N-ethyl adjacent to an activating group) is 1. The summed E-state index contributed by atoms with van der Waals surface area (Å²) in [5.41, 5.74) is 6.28. The molecule has 0 spiro atoms. The van der Waals surface area contributed by atoms with Crippen LogP contribution in [0, 0.1) is 0 Å². The maximum atomic E-state index is 11.6. The Balaban J connectivity index is 2.57. The van der Waals surface area contributed by atoms with Gasteiger partial charge in [-0.25, -0.2) is 0 Å². The van der Waals surface area contributed by atoms with Crippen LogP contribution in [0.1, 0.15) is 5.56 Å². The highest BCUT2D eigenvalue weighted by Crippen LogP contribution is 2.17. The minimum absolute atomic E-state index is 0.0577. The molecule has 1 amide bonds. The summed E-state index contributed by atoms with van der Waals surface area (Å²) in [6, 6.07) is 7.66. The topological polar surface area (TPSA) is 75.8 Å². The summed E-state index contributed by atoms with van der Waals surface area (Å²) >= 11 is 0. The van der Waals surface area contributed by atoms with Crippen molar-refractivity contribution in [3.63, 3.8) is 0 Å². The van der Waals surface area contributed by atoms with Crippen LogP contribution in [0.2, 0.25) is 0 Å². The fourth-order valence-electron chi connectivity index (χ4n) is 1.66. The number of ether oxygens (including phenoxy) is 1. The lowest BCUT2D eigenvalue weighted by atomic mass is 10.1. The van der Waals surface area contributed by atoms with Crippen LogP contribution in [0.25, 0.3) is 0 Å². The van der Waals surface area contributed by atoms with Gasteiger partial charge in [0.15, 0.2) is 0 Å². The molecule has 0 aliphatic heterocycles. The fourth-order valence-corrected chi connectivity index (χ4v) is 1.66. The summed E-state index contributed by atoms with van der Waals surface area (Å²) in [5.74, 6) is 0.449. The molecule has 1 unspecified atom stereocenters. The van der Waals surface area contributed by atoms with Gasteiger partial charge in [-0.05, 0) is 18.1 Å². The first kappa shape index (κ1) is 14.5. The van der Waals surface area contributed by atoms with E-state index in [1.54, 1.807) is 14.2 Å². The van der Waals surface area contributed by atoms with Crippen LogP contribution in [0.3, 0.4) is 0 Å². The van der Waals surface area contributed by atoms with E-state index < -0.39 is 6.10 Å². The molecule has 18 heavy (non-hydrogen) atoms. The third-order valence-corrected chi connectivity index (χ3v) is 2.79. The van der Waals surface area contributed by atoms with Gasteiger partial charge in [0, 0.05) is 20.1 Å². The number of hydrogen-bond acceptors (Lipinski definition) is 4. The molecule has 0 heterocycles. The van der Waals surface area contributed by atoms with Gasteiger partial charge in [0.1, 0.15) is 11.9 Å². The lowest BCUT2D eigenvalue weighted by Crippen LogP contribution is -2.41. The second-order valence-electron chi connectivity index (χ2n) is 4.07. The summed E-state index contributed by atoms with van der Waals surface area (Å²) in [4.78, 5) is 13.1. The number of benzene rings is 1. The van der Waals surface area contributed by atoms with Gasteiger partial charge in [-0.1, -0.05) is 18.2 Å². The van der Waals surface area contributed by atoms with Gasteiger partial charge in [0.05, 0.1) is 7.11 Å². The number of carbonyl (C=O) groups excluding carboxylic acids is 1. The van der Waals surface area contributed by atoms with Crippen molar-refractivity contribution in [1.29, 1.82) is 0 Å². The predicted molar refractivity (Wildman–Crippen MR) is 69.4 cm³/mol. The van der Waals surface area contributed by atoms with E-state index in [-0.39, 0.29) is 12.5 Å². The van der Waals surface area contributed by atoms with Crippen molar-refractivity contribution in [2.75, 3.05) is 27.2 Å². The van der Waals surface area contributed by atoms with Gasteiger partial charge in [-0.2, -0.15) is 0 Å². The molecule has 0 saturated carbocycles. The summed E-state index contributed by atoms with van der Waals surface area (Å²) in [6.45, 7) is 0.452. The monoisotopic (exact) mass is 252 g/mol. The molecular weight excluding hydrogens is 232 g/mol. The quantitative estimate of drug-likeness (QED) is 0.748. The lowest BCUT2D eigenvalue weighted by Gasteiger charge is -2.20. The van der Waals surface area contributed by atoms with E-state index in [1.807, 2.05) is 24.3 Å². The van der Waals surface area contributed by atoms with Crippen molar-refractivity contribution >= 4 is 5.91 Å². The highest BCUT2D eigenvalue weighted by Gasteiger charge is 2.17. The van der Waals surface area contributed by atoms with E-state index in [9.17, 15) is 9.90 Å². The minimum Gasteiger partial charge on any atom is -0.496 e. The van der Waals surface area contributed by atoms with E-state index in [4.69, 9.17) is 10.5 Å². The Kier molecular flexibility index (Phi) is 5.61. The number of para-hydroxylation sites is 1. The average molecular weight is 252 g/mol. The van der Waals surface area contributed by atoms with Crippen LogP contribution >= 0.6 is 0 Å². The number of amides is 1. The van der Waals surface area contributed by atoms with Gasteiger partial charge in [-0.3, -0.25) is 4.79 Å². The molecule has 1 atom stereocenters. The molecule has 1 aromatic carbocycles. The molecule has 0 saturated heterocycles. The highest BCUT2D eigenvalue weighted by molar-refractivity contribution is 5.80. The first-order valence-corrected chi connectivity index (χ1v) is 5.85. The van der Waals surface area contributed by atoms with E-state index in [0.29, 0.717) is 13.0 Å². The molecule has 1 aromatic rings. The van der Waals surface area contributed by atoms with Crippen LogP contribution in [-0.4, -0.2) is 49.3 Å². The Morgan fingerprint density at radius 2 is 2.17 bits per heavy atom. The zero-order valence-electron chi connectivity index (χ0n) is 10.8. The standard InChI is InChI=1S/C13H20N2O3/c1-15(13(17)11(16)9-14)8-7-10-5-3-4-6-12(10)18-2/h3-6,11,16H,7-9,14H2,1-2H3. The second-order valence-corrected chi connectivity index (χ2v) is 4.07. The fraction of sp³-hybridized carbons (Fsp3) is 0.462. The molecule has 1 rings (SSSR count). The van der Waals surface area contributed by atoms with Gasteiger partial charge >= 0.3 is 0 Å². The maximum Gasteiger partial charge on any atom is 0.252 e. The van der Waals surface area contributed by atoms with E-state index in [2.05, 4.69) is 0 Å². The SMILES string of the molecule is COc1ccccc1CCN(C)C(=O)C(O)CN. The molecule has 3 N–H and O–H groups in total. The molecule has 0 aliphatic rings. The molecule has 0 radical (unpaired) electrons. The Labute approximate surface area is 107 Å². The van der Waals surface area contributed by atoms with Crippen molar-refractivity contribution in [1.82, 2.24) is 4.90 Å². The summed E-state index contributed by atoms with van der Waals surface area (Å²) in [7, 11) is 3.27. The molecule has 5 nitrogen and oxygen atoms in total. The van der Waals surface area contributed by atoms with E-state index in [0.717, 1.165) is 11.3 Å². The van der Waals surface area contributed by atoms with E-state index in [1.165, 1.54) is 4.90 Å². The van der Waals surface area contributed by atoms with E-state index >= 15 is 0 Å². The van der Waals surface area contributed by atoms with Gasteiger partial charge in [0.2, 0.25) is 0 Å². The van der Waals surface area contributed by atoms with Gasteiger partial charge in [-0.15, -0.1) is 0 Å². The maximum absolute atomic E-state index is 11.6. The first-order valence-electron chi connectivity index (χ1n) is 5.85. The molecular formula is C13H20N2O3. The van der Waals surface area contributed by atoms with Crippen molar-refractivity contribution in [2.24, 2.45) is 5.73 Å². The predicted octanol–water partition coefficient (Wildman–Crippen LogP) is 0.0157. The summed E-state index contributed by atoms with van der Waals surface area (Å²) in [6.07, 6.45) is -0.448. The number of methoxy groups -OCH3 is 1. The van der Waals surface area contributed by atoms with Crippen LogP contribution in [-0.2, 0) is 11.2 Å². The molecule has 0 aromatic heterocycles. The van der Waals surface area contributed by atoms with Crippen LogP contribution in [0.4, 0.5) is 0 Å². The Morgan fingerprint density at radius 3 is 2.78 bits per heavy atom. The number of hydrogen-bond donors (Lipinski definition) is 2. The summed E-state index contributed by atoms with van der Waals surface area (Å²) < 4.78 is 5.23. The Morgan fingerprint density at radius 1 is 1.50 bits per heavy atom. The average Bonchev–Trinajstić information content (AvgIpc) is 2.43. The number of rotatable bonds is 6. The van der Waals surface area contributed by atoms with Crippen molar-refractivity contribution in [3.05, 3.63) is 29.8 Å². The molecule has 5 heteroatoms. The number of aliphatic hydroxyl groups is 1. The number of aliphatic hydroxyl groups excluding tert-OH is 1. The third kappa shape index (κ3) is 3.72. The molecule has 100 valence electrons. The third-order valence-electron chi connectivity index (χ3n) is 2.79. The van der Waals surface area contributed by atoms with Crippen LogP contribution in [0.15, 0.2) is 24.3 Å². The Bertz CT molecular complexity index is 396. The largest absolute Gasteiger partial charge is 0.496 e. The minimum atomic E-state index is -1.12. The highest BCUT2D eigenvalue weighted by atomic mass is 16.5. The zero-order chi connectivity index (χ0) is 13.5. The van der Waals surface area contributed by atoms with Crippen LogP contribution < -0.4 is 10.5 Å². The van der Waals surface area contributed by atoms with Crippen LogP contribution in [0.5, 0.6) is 5.75 Å². The molecule has 0 aliphatic carbocycles. The molecule has 0 fully saturated rings. The van der Waals surface area contributed by atoms with Crippen molar-refractivity contribution < 1.29 is 14.6 Å². The zero-order valence-corrected chi connectivity index (χ0v) is 10.8. The first-order chi connectivity index (χ1) is 8.60. The van der Waals surface area contributed by atoms with Gasteiger partial charge in [0.25, 0.3) is 5.91 Å². The molecule has 0 bridgehead atoms. The van der Waals surface area contributed by atoms with Crippen molar-refractivity contribution in [2.45, 2.75) is 12.5 Å². The number of nitrogens with zero attached hydrogens (tertiary/aromatic N) is 1. The Hall–Kier alpha value is -1.59. The number of nitrogens with two attached hydrogens (primary N) is 1. The lowest BCUT2D eigenvalue weighted by molar-refractivity contribution is -0.138. The number of carbonyl (C=O) groups is 1. The van der Waals surface area contributed by atoms with Gasteiger partial charge < -0.3 is 20.5 Å². The van der Waals surface area contributed by atoms with Crippen molar-refractivity contribution in [3.8, 4) is 5.75 Å². The smallest absolute Gasteiger partial charge is 0.252 e. The normalized spacial score (nSPS) is 12.0. The summed E-state index contributed by atoms with van der Waals surface area (Å²) in [5, 5.41) is 9.35. The second kappa shape index (κ2) is 6.98.